The molecule has 17 heavy (non-hydrogen) atoms. The summed E-state index contributed by atoms with van der Waals surface area (Å²) in [5.74, 6) is -2.20. The number of rotatable bonds is 5. The van der Waals surface area contributed by atoms with Gasteiger partial charge in [0.15, 0.2) is 5.60 Å². The van der Waals surface area contributed by atoms with Crippen LogP contribution in [0.3, 0.4) is 0 Å². The number of carboxylic acid groups (broad SMARTS) is 1. The molecule has 1 rings (SSSR count). The Morgan fingerprint density at radius 1 is 1.29 bits per heavy atom. The van der Waals surface area contributed by atoms with Crippen LogP contribution >= 0.6 is 0 Å². The number of aliphatic hydroxyl groups is 1. The zero-order valence-electron chi connectivity index (χ0n) is 9.42. The number of aliphatic carboxylic acids is 1. The van der Waals surface area contributed by atoms with Crippen molar-refractivity contribution in [1.82, 2.24) is 0 Å². The van der Waals surface area contributed by atoms with Gasteiger partial charge in [-0.1, -0.05) is 30.3 Å². The van der Waals surface area contributed by atoms with Crippen LogP contribution in [0.1, 0.15) is 12.0 Å². The summed E-state index contributed by atoms with van der Waals surface area (Å²) in [7, 11) is 1.15. The largest absolute Gasteiger partial charge is 0.479 e. The Bertz CT molecular complexity index is 401. The molecule has 1 aromatic rings. The zero-order valence-corrected chi connectivity index (χ0v) is 9.42. The van der Waals surface area contributed by atoms with Crippen molar-refractivity contribution in [3.8, 4) is 0 Å². The van der Waals surface area contributed by atoms with Crippen LogP contribution in [0.4, 0.5) is 0 Å². The molecular weight excluding hydrogens is 224 g/mol. The van der Waals surface area contributed by atoms with Gasteiger partial charge in [0.2, 0.25) is 0 Å². The molecule has 5 heteroatoms. The van der Waals surface area contributed by atoms with Gasteiger partial charge in [-0.25, -0.2) is 4.79 Å². The summed E-state index contributed by atoms with van der Waals surface area (Å²) in [4.78, 5) is 22.1. The number of esters is 1. The van der Waals surface area contributed by atoms with Crippen molar-refractivity contribution < 1.29 is 24.5 Å². The summed E-state index contributed by atoms with van der Waals surface area (Å²) in [6, 6.07) is 8.62. The number of hydrogen-bond acceptors (Lipinski definition) is 4. The van der Waals surface area contributed by atoms with Gasteiger partial charge >= 0.3 is 11.9 Å². The van der Waals surface area contributed by atoms with Crippen LogP contribution in [-0.4, -0.2) is 34.9 Å². The Morgan fingerprint density at radius 3 is 2.35 bits per heavy atom. The average molecular weight is 238 g/mol. The number of carboxylic acids is 1. The molecule has 0 aromatic heterocycles. The van der Waals surface area contributed by atoms with Crippen molar-refractivity contribution in [1.29, 1.82) is 0 Å². The Labute approximate surface area is 98.6 Å². The SMILES string of the molecule is COC(=O)CC(O)(Cc1ccccc1)C(=O)O. The van der Waals surface area contributed by atoms with Gasteiger partial charge in [-0.05, 0) is 5.56 Å². The normalized spacial score (nSPS) is 13.8. The fourth-order valence-electron chi connectivity index (χ4n) is 1.46. The number of ether oxygens (including phenoxy) is 1. The summed E-state index contributed by atoms with van der Waals surface area (Å²) in [6.45, 7) is 0. The third-order valence-corrected chi connectivity index (χ3v) is 2.40. The zero-order chi connectivity index (χ0) is 12.9. The number of carbonyl (C=O) groups excluding carboxylic acids is 1. The number of methoxy groups -OCH3 is 1. The predicted octanol–water partition coefficient (Wildman–Crippen LogP) is 0.608. The van der Waals surface area contributed by atoms with Crippen LogP contribution in [0.5, 0.6) is 0 Å². The summed E-state index contributed by atoms with van der Waals surface area (Å²) in [5, 5.41) is 18.9. The molecule has 0 saturated carbocycles. The van der Waals surface area contributed by atoms with E-state index in [1.165, 1.54) is 0 Å². The lowest BCUT2D eigenvalue weighted by Crippen LogP contribution is -2.43. The first kappa shape index (κ1) is 13.2. The molecule has 0 radical (unpaired) electrons. The van der Waals surface area contributed by atoms with Crippen LogP contribution in [0.25, 0.3) is 0 Å². The first-order valence-electron chi connectivity index (χ1n) is 5.04. The van der Waals surface area contributed by atoms with Gasteiger partial charge in [0, 0.05) is 6.42 Å². The molecular formula is C12H14O5. The lowest BCUT2D eigenvalue weighted by atomic mass is 9.91. The van der Waals surface area contributed by atoms with Crippen LogP contribution < -0.4 is 0 Å². The highest BCUT2D eigenvalue weighted by Gasteiger charge is 2.39. The summed E-state index contributed by atoms with van der Waals surface area (Å²) in [5.41, 5.74) is -1.49. The minimum absolute atomic E-state index is 0.141. The molecule has 0 bridgehead atoms. The number of benzene rings is 1. The van der Waals surface area contributed by atoms with Gasteiger partial charge in [-0.3, -0.25) is 4.79 Å². The molecule has 1 aromatic carbocycles. The van der Waals surface area contributed by atoms with Crippen molar-refractivity contribution in [2.75, 3.05) is 7.11 Å². The second-order valence-corrected chi connectivity index (χ2v) is 3.75. The molecule has 2 N–H and O–H groups in total. The lowest BCUT2D eigenvalue weighted by molar-refractivity contribution is -0.166. The Hall–Kier alpha value is -1.88. The maximum atomic E-state index is 11.1. The van der Waals surface area contributed by atoms with E-state index in [-0.39, 0.29) is 6.42 Å². The summed E-state index contributed by atoms with van der Waals surface area (Å²) >= 11 is 0. The van der Waals surface area contributed by atoms with Crippen molar-refractivity contribution in [2.24, 2.45) is 0 Å². The van der Waals surface area contributed by atoms with Crippen LogP contribution in [-0.2, 0) is 20.7 Å². The van der Waals surface area contributed by atoms with Gasteiger partial charge in [-0.15, -0.1) is 0 Å². The fourth-order valence-corrected chi connectivity index (χ4v) is 1.46. The molecule has 92 valence electrons. The molecule has 0 aliphatic carbocycles. The molecule has 0 aliphatic heterocycles. The van der Waals surface area contributed by atoms with E-state index in [0.29, 0.717) is 5.56 Å². The molecule has 0 heterocycles. The summed E-state index contributed by atoms with van der Waals surface area (Å²) in [6.07, 6.45) is -0.716. The van der Waals surface area contributed by atoms with E-state index in [0.717, 1.165) is 7.11 Å². The molecule has 0 amide bonds. The first-order valence-corrected chi connectivity index (χ1v) is 5.04. The van der Waals surface area contributed by atoms with Gasteiger partial charge in [0.1, 0.15) is 0 Å². The third kappa shape index (κ3) is 3.57. The maximum absolute atomic E-state index is 11.1. The number of hydrogen-bond donors (Lipinski definition) is 2. The van der Waals surface area contributed by atoms with E-state index in [1.807, 2.05) is 0 Å². The topological polar surface area (TPSA) is 83.8 Å². The maximum Gasteiger partial charge on any atom is 0.336 e. The molecule has 0 spiro atoms. The smallest absolute Gasteiger partial charge is 0.336 e. The van der Waals surface area contributed by atoms with Crippen LogP contribution in [0.2, 0.25) is 0 Å². The molecule has 0 saturated heterocycles. The minimum atomic E-state index is -2.13. The van der Waals surface area contributed by atoms with E-state index >= 15 is 0 Å². The van der Waals surface area contributed by atoms with Crippen molar-refractivity contribution in [2.45, 2.75) is 18.4 Å². The Balaban J connectivity index is 2.86. The molecule has 1 unspecified atom stereocenters. The van der Waals surface area contributed by atoms with Gasteiger partial charge < -0.3 is 14.9 Å². The predicted molar refractivity (Wildman–Crippen MR) is 59.4 cm³/mol. The second kappa shape index (κ2) is 5.45. The molecule has 1 atom stereocenters. The number of carbonyl (C=O) groups is 2. The fraction of sp³-hybridized carbons (Fsp3) is 0.333. The van der Waals surface area contributed by atoms with Gasteiger partial charge in [0.25, 0.3) is 0 Å². The van der Waals surface area contributed by atoms with E-state index < -0.39 is 24.0 Å². The second-order valence-electron chi connectivity index (χ2n) is 3.75. The highest BCUT2D eigenvalue weighted by molar-refractivity contribution is 5.84. The van der Waals surface area contributed by atoms with E-state index in [2.05, 4.69) is 4.74 Å². The monoisotopic (exact) mass is 238 g/mol. The van der Waals surface area contributed by atoms with Crippen molar-refractivity contribution in [3.63, 3.8) is 0 Å². The highest BCUT2D eigenvalue weighted by atomic mass is 16.5. The third-order valence-electron chi connectivity index (χ3n) is 2.40. The molecule has 0 aliphatic rings. The van der Waals surface area contributed by atoms with Crippen LogP contribution in [0.15, 0.2) is 30.3 Å². The lowest BCUT2D eigenvalue weighted by Gasteiger charge is -2.22. The highest BCUT2D eigenvalue weighted by Crippen LogP contribution is 2.18. The van der Waals surface area contributed by atoms with Crippen LogP contribution in [0, 0.1) is 0 Å². The molecule has 5 nitrogen and oxygen atoms in total. The standard InChI is InChI=1S/C12H14O5/c1-17-10(13)8-12(16,11(14)15)7-9-5-3-2-4-6-9/h2-6,16H,7-8H2,1H3,(H,14,15). The minimum Gasteiger partial charge on any atom is -0.479 e. The quantitative estimate of drug-likeness (QED) is 0.734. The van der Waals surface area contributed by atoms with Crippen molar-refractivity contribution >= 4 is 11.9 Å². The van der Waals surface area contributed by atoms with E-state index in [9.17, 15) is 14.7 Å². The van der Waals surface area contributed by atoms with Gasteiger partial charge in [-0.2, -0.15) is 0 Å². The Kier molecular flexibility index (Phi) is 4.23. The van der Waals surface area contributed by atoms with E-state index in [4.69, 9.17) is 5.11 Å². The first-order chi connectivity index (χ1) is 7.98. The van der Waals surface area contributed by atoms with E-state index in [1.54, 1.807) is 30.3 Å². The summed E-state index contributed by atoms with van der Waals surface area (Å²) < 4.78 is 4.37. The Morgan fingerprint density at radius 2 is 1.88 bits per heavy atom. The average Bonchev–Trinajstić information content (AvgIpc) is 2.29. The van der Waals surface area contributed by atoms with Crippen molar-refractivity contribution in [3.05, 3.63) is 35.9 Å². The molecule has 0 fully saturated rings. The van der Waals surface area contributed by atoms with Gasteiger partial charge in [0.05, 0.1) is 13.5 Å².